The second-order valence-electron chi connectivity index (χ2n) is 9.04. The highest BCUT2D eigenvalue weighted by molar-refractivity contribution is 5.68. The molecule has 0 aromatic carbocycles. The fraction of sp³-hybridized carbons (Fsp3) is 0.696. The van der Waals surface area contributed by atoms with Gasteiger partial charge < -0.3 is 19.1 Å². The van der Waals surface area contributed by atoms with Crippen LogP contribution in [0.25, 0.3) is 0 Å². The molecule has 180 valence electrons. The molecule has 0 atom stereocenters. The minimum Gasteiger partial charge on any atom is -0.489 e. The molecule has 2 saturated carbocycles. The number of carbonyl (C=O) groups is 1. The fourth-order valence-electron chi connectivity index (χ4n) is 4.65. The fourth-order valence-corrected chi connectivity index (χ4v) is 4.65. The lowest BCUT2D eigenvalue weighted by Crippen LogP contribution is -2.56. The SMILES string of the molecule is N#Cc1cnccc1OC1CCC(OC2CCN(C(=O)OC3(C(F)(F)F)CCC3)CC2)CC1. The van der Waals surface area contributed by atoms with Gasteiger partial charge in [-0.2, -0.15) is 18.4 Å². The molecule has 0 bridgehead atoms. The van der Waals surface area contributed by atoms with Crippen LogP contribution in [-0.4, -0.2) is 59.2 Å². The van der Waals surface area contributed by atoms with E-state index >= 15 is 0 Å². The van der Waals surface area contributed by atoms with Crippen LogP contribution in [0, 0.1) is 11.3 Å². The van der Waals surface area contributed by atoms with E-state index in [2.05, 4.69) is 11.1 Å². The number of amides is 1. The van der Waals surface area contributed by atoms with Gasteiger partial charge in [-0.05, 0) is 63.9 Å². The topological polar surface area (TPSA) is 84.7 Å². The van der Waals surface area contributed by atoms with Crippen molar-refractivity contribution in [2.24, 2.45) is 0 Å². The molecule has 0 N–H and O–H groups in total. The van der Waals surface area contributed by atoms with Crippen molar-refractivity contribution in [3.63, 3.8) is 0 Å². The van der Waals surface area contributed by atoms with Crippen LogP contribution < -0.4 is 4.74 Å². The molecule has 1 saturated heterocycles. The zero-order valence-electron chi connectivity index (χ0n) is 18.4. The average Bonchev–Trinajstić information content (AvgIpc) is 2.77. The van der Waals surface area contributed by atoms with Crippen molar-refractivity contribution in [2.45, 2.75) is 87.9 Å². The number of nitriles is 1. The molecule has 10 heteroatoms. The number of hydrogen-bond acceptors (Lipinski definition) is 6. The first-order valence-corrected chi connectivity index (χ1v) is 11.5. The number of ether oxygens (including phenoxy) is 3. The van der Waals surface area contributed by atoms with Gasteiger partial charge in [-0.15, -0.1) is 0 Å². The van der Waals surface area contributed by atoms with E-state index in [1.54, 1.807) is 12.3 Å². The number of likely N-dealkylation sites (tertiary alicyclic amines) is 1. The Labute approximate surface area is 190 Å². The largest absolute Gasteiger partial charge is 0.489 e. The smallest absolute Gasteiger partial charge is 0.428 e. The van der Waals surface area contributed by atoms with Gasteiger partial charge in [0.2, 0.25) is 5.60 Å². The summed E-state index contributed by atoms with van der Waals surface area (Å²) in [5, 5.41) is 9.16. The summed E-state index contributed by atoms with van der Waals surface area (Å²) in [6.07, 6.45) is 2.28. The third kappa shape index (κ3) is 5.35. The van der Waals surface area contributed by atoms with Gasteiger partial charge in [-0.1, -0.05) is 0 Å². The van der Waals surface area contributed by atoms with Gasteiger partial charge in [-0.3, -0.25) is 4.98 Å². The lowest BCUT2D eigenvalue weighted by molar-refractivity contribution is -0.286. The molecule has 7 nitrogen and oxygen atoms in total. The van der Waals surface area contributed by atoms with Crippen LogP contribution in [0.3, 0.4) is 0 Å². The average molecular weight is 467 g/mol. The molecule has 0 unspecified atom stereocenters. The van der Waals surface area contributed by atoms with E-state index in [4.69, 9.17) is 19.5 Å². The van der Waals surface area contributed by atoms with Crippen LogP contribution in [-0.2, 0) is 9.47 Å². The van der Waals surface area contributed by atoms with E-state index in [9.17, 15) is 18.0 Å². The number of piperidine rings is 1. The molecule has 4 rings (SSSR count). The third-order valence-corrected chi connectivity index (χ3v) is 6.86. The maximum absolute atomic E-state index is 13.3. The van der Waals surface area contributed by atoms with Crippen LogP contribution in [0.4, 0.5) is 18.0 Å². The number of rotatable bonds is 5. The first-order valence-electron chi connectivity index (χ1n) is 11.5. The Kier molecular flexibility index (Phi) is 6.98. The summed E-state index contributed by atoms with van der Waals surface area (Å²) in [5.74, 6) is 0.547. The molecular weight excluding hydrogens is 439 g/mol. The summed E-state index contributed by atoms with van der Waals surface area (Å²) >= 11 is 0. The summed E-state index contributed by atoms with van der Waals surface area (Å²) in [7, 11) is 0. The van der Waals surface area contributed by atoms with Crippen molar-refractivity contribution in [1.29, 1.82) is 5.26 Å². The van der Waals surface area contributed by atoms with E-state index in [-0.39, 0.29) is 31.2 Å². The highest BCUT2D eigenvalue weighted by Gasteiger charge is 2.62. The number of hydrogen-bond donors (Lipinski definition) is 0. The number of halogens is 3. The van der Waals surface area contributed by atoms with Crippen molar-refractivity contribution >= 4 is 6.09 Å². The number of nitrogens with zero attached hydrogens (tertiary/aromatic N) is 3. The Balaban J connectivity index is 1.18. The summed E-state index contributed by atoms with van der Waals surface area (Å²) in [5.41, 5.74) is -1.89. The Morgan fingerprint density at radius 3 is 2.30 bits per heavy atom. The van der Waals surface area contributed by atoms with Crippen molar-refractivity contribution in [1.82, 2.24) is 9.88 Å². The van der Waals surface area contributed by atoms with Crippen molar-refractivity contribution < 1.29 is 32.2 Å². The molecule has 0 spiro atoms. The molecular formula is C23H28F3N3O4. The van der Waals surface area contributed by atoms with E-state index in [1.165, 1.54) is 11.1 Å². The molecule has 2 aliphatic carbocycles. The molecule has 1 aliphatic heterocycles. The first-order chi connectivity index (χ1) is 15.8. The van der Waals surface area contributed by atoms with Gasteiger partial charge in [0.25, 0.3) is 0 Å². The summed E-state index contributed by atoms with van der Waals surface area (Å²) < 4.78 is 56.9. The highest BCUT2D eigenvalue weighted by Crippen LogP contribution is 2.48. The predicted molar refractivity (Wildman–Crippen MR) is 110 cm³/mol. The molecule has 1 aromatic heterocycles. The maximum Gasteiger partial charge on any atom is 0.428 e. The van der Waals surface area contributed by atoms with E-state index in [1.807, 2.05) is 0 Å². The third-order valence-electron chi connectivity index (χ3n) is 6.86. The quantitative estimate of drug-likeness (QED) is 0.622. The van der Waals surface area contributed by atoms with Crippen molar-refractivity contribution in [3.05, 3.63) is 24.0 Å². The lowest BCUT2D eigenvalue weighted by Gasteiger charge is -2.43. The molecule has 3 aliphatic rings. The second kappa shape index (κ2) is 9.75. The lowest BCUT2D eigenvalue weighted by atomic mass is 9.79. The van der Waals surface area contributed by atoms with Gasteiger partial charge in [0.15, 0.2) is 0 Å². The number of carbonyl (C=O) groups excluding carboxylic acids is 1. The minimum absolute atomic E-state index is 0.0171. The summed E-state index contributed by atoms with van der Waals surface area (Å²) in [6, 6.07) is 3.78. The van der Waals surface area contributed by atoms with Gasteiger partial charge in [-0.25, -0.2) is 4.79 Å². The van der Waals surface area contributed by atoms with Gasteiger partial charge >= 0.3 is 12.3 Å². The highest BCUT2D eigenvalue weighted by atomic mass is 19.4. The summed E-state index contributed by atoms with van der Waals surface area (Å²) in [6.45, 7) is 0.656. The van der Waals surface area contributed by atoms with Crippen LogP contribution in [0.1, 0.15) is 63.4 Å². The number of alkyl halides is 3. The van der Waals surface area contributed by atoms with Gasteiger partial charge in [0, 0.05) is 25.5 Å². The van der Waals surface area contributed by atoms with E-state index in [0.29, 0.717) is 43.7 Å². The van der Waals surface area contributed by atoms with Crippen molar-refractivity contribution in [2.75, 3.05) is 13.1 Å². The Morgan fingerprint density at radius 2 is 1.73 bits per heavy atom. The first kappa shape index (κ1) is 23.6. The normalized spacial score (nSPS) is 25.6. The Bertz CT molecular complexity index is 868. The number of pyridine rings is 1. The van der Waals surface area contributed by atoms with Crippen molar-refractivity contribution in [3.8, 4) is 11.8 Å². The zero-order valence-corrected chi connectivity index (χ0v) is 18.4. The van der Waals surface area contributed by atoms with Crippen LogP contribution >= 0.6 is 0 Å². The Morgan fingerprint density at radius 1 is 1.09 bits per heavy atom. The molecule has 0 radical (unpaired) electrons. The standard InChI is InChI=1S/C23H28F3N3O4/c24-23(25,26)22(9-1-10-22)33-21(30)29-12-7-19(8-13-29)31-17-2-4-18(5-3-17)32-20-6-11-28-15-16(20)14-27/h6,11,15,17-19H,1-5,7-10,12-13H2. The van der Waals surface area contributed by atoms with E-state index < -0.39 is 17.9 Å². The monoisotopic (exact) mass is 467 g/mol. The van der Waals surface area contributed by atoms with Crippen LogP contribution in [0.5, 0.6) is 5.75 Å². The molecule has 3 fully saturated rings. The van der Waals surface area contributed by atoms with Crippen LogP contribution in [0.2, 0.25) is 0 Å². The molecule has 2 heterocycles. The minimum atomic E-state index is -4.53. The zero-order chi connectivity index (χ0) is 23.5. The van der Waals surface area contributed by atoms with E-state index in [0.717, 1.165) is 25.7 Å². The predicted octanol–water partition coefficient (Wildman–Crippen LogP) is 4.75. The molecule has 1 amide bonds. The second-order valence-corrected chi connectivity index (χ2v) is 9.04. The molecule has 1 aromatic rings. The van der Waals surface area contributed by atoms with Gasteiger partial charge in [0.05, 0.1) is 18.3 Å². The van der Waals surface area contributed by atoms with Crippen LogP contribution in [0.15, 0.2) is 18.5 Å². The van der Waals surface area contributed by atoms with Gasteiger partial charge in [0.1, 0.15) is 17.4 Å². The molecule has 33 heavy (non-hydrogen) atoms. The Hall–Kier alpha value is -2.54. The summed E-state index contributed by atoms with van der Waals surface area (Å²) in [4.78, 5) is 17.6. The maximum atomic E-state index is 13.3. The number of aromatic nitrogens is 1.